The average Bonchev–Trinajstić information content (AvgIpc) is 2.85. The van der Waals surface area contributed by atoms with Crippen molar-refractivity contribution in [3.05, 3.63) is 29.6 Å². The van der Waals surface area contributed by atoms with Crippen molar-refractivity contribution >= 4 is 15.9 Å². The van der Waals surface area contributed by atoms with Crippen LogP contribution in [0.15, 0.2) is 18.2 Å². The number of piperidine rings is 1. The lowest BCUT2D eigenvalue weighted by Gasteiger charge is -2.44. The molecular weight excluding hydrogens is 326 g/mol. The Morgan fingerprint density at radius 1 is 1.21 bits per heavy atom. The van der Waals surface area contributed by atoms with Gasteiger partial charge in [-0.25, -0.2) is 12.7 Å². The Bertz CT molecular complexity index is 724. The van der Waals surface area contributed by atoms with Gasteiger partial charge in [0, 0.05) is 30.7 Å². The normalized spacial score (nSPS) is 21.6. The second kappa shape index (κ2) is 6.44. The zero-order valence-corrected chi connectivity index (χ0v) is 15.2. The molecule has 1 spiro atoms. The molecule has 6 nitrogen and oxygen atoms in total. The van der Waals surface area contributed by atoms with Crippen LogP contribution < -0.4 is 0 Å². The first-order chi connectivity index (χ1) is 11.4. The first-order valence-corrected chi connectivity index (χ1v) is 10.2. The van der Waals surface area contributed by atoms with E-state index in [1.807, 2.05) is 30.0 Å². The number of carbonyl (C=O) groups is 1. The molecule has 1 aromatic rings. The second-order valence-electron chi connectivity index (χ2n) is 6.77. The number of amides is 1. The summed E-state index contributed by atoms with van der Waals surface area (Å²) in [5, 5.41) is 0. The highest BCUT2D eigenvalue weighted by Gasteiger charge is 2.48. The van der Waals surface area contributed by atoms with Gasteiger partial charge in [-0.15, -0.1) is 0 Å². The molecule has 3 heterocycles. The molecule has 0 aliphatic carbocycles. The Morgan fingerprint density at radius 3 is 2.54 bits per heavy atom. The van der Waals surface area contributed by atoms with Crippen LogP contribution in [-0.2, 0) is 21.4 Å². The van der Waals surface area contributed by atoms with Crippen molar-refractivity contribution in [2.75, 3.05) is 18.8 Å². The molecule has 2 saturated heterocycles. The maximum absolute atomic E-state index is 12.4. The lowest BCUT2D eigenvalue weighted by molar-refractivity contribution is -0.133. The molecule has 2 fully saturated rings. The molecule has 0 unspecified atom stereocenters. The van der Waals surface area contributed by atoms with E-state index in [-0.39, 0.29) is 17.2 Å². The standard InChI is InChI=1S/C17H25N3O3S/c1-3-24(22,23)19-11-9-17(10-12-19)8-7-16(21)20(17)13-15-6-4-5-14(2)18-15/h4-6H,3,7-13H2,1-2H3. The fourth-order valence-corrected chi connectivity index (χ4v) is 4.97. The molecule has 3 rings (SSSR count). The van der Waals surface area contributed by atoms with Crippen LogP contribution in [0.2, 0.25) is 0 Å². The molecule has 0 aromatic carbocycles. The summed E-state index contributed by atoms with van der Waals surface area (Å²) < 4.78 is 25.7. The van der Waals surface area contributed by atoms with E-state index in [2.05, 4.69) is 4.98 Å². The van der Waals surface area contributed by atoms with E-state index >= 15 is 0 Å². The molecular formula is C17H25N3O3S. The van der Waals surface area contributed by atoms with Crippen molar-refractivity contribution in [2.24, 2.45) is 0 Å². The number of hydrogen-bond acceptors (Lipinski definition) is 4. The van der Waals surface area contributed by atoms with Gasteiger partial charge in [-0.05, 0) is 45.2 Å². The van der Waals surface area contributed by atoms with Crippen LogP contribution in [0.25, 0.3) is 0 Å². The van der Waals surface area contributed by atoms with Crippen LogP contribution in [0.5, 0.6) is 0 Å². The quantitative estimate of drug-likeness (QED) is 0.828. The smallest absolute Gasteiger partial charge is 0.223 e. The van der Waals surface area contributed by atoms with Gasteiger partial charge in [0.05, 0.1) is 18.0 Å². The fourth-order valence-electron chi connectivity index (χ4n) is 3.86. The van der Waals surface area contributed by atoms with Crippen LogP contribution in [0.4, 0.5) is 0 Å². The Balaban J connectivity index is 1.76. The number of nitrogens with zero attached hydrogens (tertiary/aromatic N) is 3. The number of aryl methyl sites for hydroxylation is 1. The number of likely N-dealkylation sites (tertiary alicyclic amines) is 1. The van der Waals surface area contributed by atoms with Crippen molar-refractivity contribution in [1.82, 2.24) is 14.2 Å². The second-order valence-corrected chi connectivity index (χ2v) is 9.03. The highest BCUT2D eigenvalue weighted by atomic mass is 32.2. The molecule has 2 aliphatic rings. The van der Waals surface area contributed by atoms with E-state index in [9.17, 15) is 13.2 Å². The van der Waals surface area contributed by atoms with Gasteiger partial charge in [0.2, 0.25) is 15.9 Å². The third-order valence-electron chi connectivity index (χ3n) is 5.36. The zero-order chi connectivity index (χ0) is 17.4. The lowest BCUT2D eigenvalue weighted by Crippen LogP contribution is -2.54. The van der Waals surface area contributed by atoms with Crippen LogP contribution in [0.1, 0.15) is 44.0 Å². The zero-order valence-electron chi connectivity index (χ0n) is 14.4. The molecule has 0 bridgehead atoms. The summed E-state index contributed by atoms with van der Waals surface area (Å²) in [5.74, 6) is 0.292. The van der Waals surface area contributed by atoms with Crippen molar-refractivity contribution in [2.45, 2.75) is 51.6 Å². The first kappa shape index (κ1) is 17.4. The summed E-state index contributed by atoms with van der Waals surface area (Å²) in [6.07, 6.45) is 2.79. The van der Waals surface area contributed by atoms with Gasteiger partial charge in [0.25, 0.3) is 0 Å². The third kappa shape index (κ3) is 3.19. The van der Waals surface area contributed by atoms with Crippen LogP contribution in [-0.4, -0.2) is 52.9 Å². The van der Waals surface area contributed by atoms with Crippen LogP contribution >= 0.6 is 0 Å². The summed E-state index contributed by atoms with van der Waals surface area (Å²) >= 11 is 0. The predicted octanol–water partition coefficient (Wildman–Crippen LogP) is 1.70. The Morgan fingerprint density at radius 2 is 1.92 bits per heavy atom. The molecule has 7 heteroatoms. The molecule has 132 valence electrons. The van der Waals surface area contributed by atoms with E-state index in [1.54, 1.807) is 11.2 Å². The van der Waals surface area contributed by atoms with Crippen molar-refractivity contribution < 1.29 is 13.2 Å². The lowest BCUT2D eigenvalue weighted by atomic mass is 9.85. The molecule has 0 N–H and O–H groups in total. The largest absolute Gasteiger partial charge is 0.331 e. The summed E-state index contributed by atoms with van der Waals surface area (Å²) in [5.41, 5.74) is 1.63. The molecule has 0 saturated carbocycles. The number of aromatic nitrogens is 1. The van der Waals surface area contributed by atoms with Gasteiger partial charge < -0.3 is 4.90 Å². The maximum atomic E-state index is 12.4. The summed E-state index contributed by atoms with van der Waals surface area (Å²) in [6.45, 7) is 5.14. The Kier molecular flexibility index (Phi) is 4.66. The summed E-state index contributed by atoms with van der Waals surface area (Å²) in [7, 11) is -3.15. The maximum Gasteiger partial charge on any atom is 0.223 e. The molecule has 2 aliphatic heterocycles. The third-order valence-corrected chi connectivity index (χ3v) is 7.24. The van der Waals surface area contributed by atoms with Gasteiger partial charge >= 0.3 is 0 Å². The number of hydrogen-bond donors (Lipinski definition) is 0. The Labute approximate surface area is 143 Å². The first-order valence-electron chi connectivity index (χ1n) is 8.57. The average molecular weight is 351 g/mol. The monoisotopic (exact) mass is 351 g/mol. The van der Waals surface area contributed by atoms with E-state index < -0.39 is 10.0 Å². The van der Waals surface area contributed by atoms with Crippen LogP contribution in [0, 0.1) is 6.92 Å². The van der Waals surface area contributed by atoms with Crippen LogP contribution in [0.3, 0.4) is 0 Å². The minimum atomic E-state index is -3.15. The summed E-state index contributed by atoms with van der Waals surface area (Å²) in [4.78, 5) is 18.9. The minimum Gasteiger partial charge on any atom is -0.331 e. The van der Waals surface area contributed by atoms with Crippen molar-refractivity contribution in [3.63, 3.8) is 0 Å². The number of pyridine rings is 1. The molecule has 0 radical (unpaired) electrons. The molecule has 24 heavy (non-hydrogen) atoms. The van der Waals surface area contributed by atoms with Gasteiger partial charge in [-0.3, -0.25) is 9.78 Å². The van der Waals surface area contributed by atoms with Crippen molar-refractivity contribution in [1.29, 1.82) is 0 Å². The highest BCUT2D eigenvalue weighted by Crippen LogP contribution is 2.40. The van der Waals surface area contributed by atoms with E-state index in [0.29, 0.717) is 38.9 Å². The van der Waals surface area contributed by atoms with Crippen molar-refractivity contribution in [3.8, 4) is 0 Å². The number of sulfonamides is 1. The molecule has 0 atom stereocenters. The Hall–Kier alpha value is -1.47. The van der Waals surface area contributed by atoms with E-state index in [4.69, 9.17) is 0 Å². The van der Waals surface area contributed by atoms with E-state index in [0.717, 1.165) is 17.8 Å². The van der Waals surface area contributed by atoms with E-state index in [1.165, 1.54) is 0 Å². The van der Waals surface area contributed by atoms with Gasteiger partial charge in [-0.2, -0.15) is 0 Å². The van der Waals surface area contributed by atoms with Gasteiger partial charge in [0.1, 0.15) is 0 Å². The number of carbonyl (C=O) groups excluding carboxylic acids is 1. The summed E-state index contributed by atoms with van der Waals surface area (Å²) in [6, 6.07) is 5.85. The topological polar surface area (TPSA) is 70.6 Å². The van der Waals surface area contributed by atoms with Gasteiger partial charge in [0.15, 0.2) is 0 Å². The SMILES string of the molecule is CCS(=O)(=O)N1CCC2(CCC(=O)N2Cc2cccc(C)n2)CC1. The predicted molar refractivity (Wildman–Crippen MR) is 91.8 cm³/mol. The highest BCUT2D eigenvalue weighted by molar-refractivity contribution is 7.89. The molecule has 1 aromatic heterocycles. The fraction of sp³-hybridized carbons (Fsp3) is 0.647. The minimum absolute atomic E-state index is 0.135. The van der Waals surface area contributed by atoms with Gasteiger partial charge in [-0.1, -0.05) is 6.07 Å². The number of rotatable bonds is 4. The molecule has 1 amide bonds.